The summed E-state index contributed by atoms with van der Waals surface area (Å²) in [5, 5.41) is 3.58. The molecule has 0 heterocycles. The molecular weight excluding hydrogens is 595 g/mol. The molecule has 0 radical (unpaired) electrons. The number of carbonyl (C=O) groups is 2. The molecule has 0 saturated carbocycles. The van der Waals surface area contributed by atoms with Gasteiger partial charge in [-0.15, -0.1) is 0 Å². The minimum Gasteiger partial charge on any atom is -0.354 e. The lowest BCUT2D eigenvalue weighted by Gasteiger charge is -2.35. The van der Waals surface area contributed by atoms with Gasteiger partial charge in [-0.2, -0.15) is 12.7 Å². The number of rotatable bonds is 13. The van der Waals surface area contributed by atoms with Gasteiger partial charge in [-0.1, -0.05) is 78.7 Å². The first-order chi connectivity index (χ1) is 19.9. The van der Waals surface area contributed by atoms with Crippen molar-refractivity contribution in [3.8, 4) is 0 Å². The fraction of sp³-hybridized carbons (Fsp3) is 0.355. The van der Waals surface area contributed by atoms with Crippen molar-refractivity contribution in [3.05, 3.63) is 99.0 Å². The lowest BCUT2D eigenvalue weighted by atomic mass is 10.0. The third-order valence-electron chi connectivity index (χ3n) is 6.86. The number of carbonyl (C=O) groups excluding carboxylic acids is 2. The van der Waals surface area contributed by atoms with Crippen molar-refractivity contribution in [1.29, 1.82) is 0 Å². The molecule has 0 fully saturated rings. The van der Waals surface area contributed by atoms with Crippen molar-refractivity contribution >= 4 is 50.9 Å². The summed E-state index contributed by atoms with van der Waals surface area (Å²) in [7, 11) is -1.28. The molecule has 0 aliphatic heterocycles. The highest BCUT2D eigenvalue weighted by Crippen LogP contribution is 2.29. The maximum atomic E-state index is 14.4. The Hall–Kier alpha value is -3.11. The molecule has 0 aliphatic rings. The molecule has 11 heteroatoms. The second-order valence-electron chi connectivity index (χ2n) is 10.3. The summed E-state index contributed by atoms with van der Waals surface area (Å²) < 4.78 is 29.4. The summed E-state index contributed by atoms with van der Waals surface area (Å²) in [5.74, 6) is -0.934. The first kappa shape index (κ1) is 33.4. The SMILES string of the molecule is CCCNC(=O)[C@@H](Cc1ccccc1)N(Cc1c(Cl)cccc1Cl)C(=O)CN(c1cc(C)ccc1C)S(=O)(=O)N(C)C. The highest BCUT2D eigenvalue weighted by atomic mass is 35.5. The van der Waals surface area contributed by atoms with Crippen LogP contribution in [-0.4, -0.2) is 62.7 Å². The maximum Gasteiger partial charge on any atom is 0.304 e. The molecule has 0 spiro atoms. The smallest absolute Gasteiger partial charge is 0.304 e. The Labute approximate surface area is 259 Å². The molecule has 3 aromatic carbocycles. The van der Waals surface area contributed by atoms with E-state index in [-0.39, 0.29) is 18.9 Å². The number of hydrogen-bond acceptors (Lipinski definition) is 4. The average Bonchev–Trinajstić information content (AvgIpc) is 2.95. The second kappa shape index (κ2) is 14.9. The number of anilines is 1. The number of amides is 2. The van der Waals surface area contributed by atoms with Gasteiger partial charge in [0.2, 0.25) is 11.8 Å². The molecule has 226 valence electrons. The summed E-state index contributed by atoms with van der Waals surface area (Å²) >= 11 is 13.0. The van der Waals surface area contributed by atoms with Crippen molar-refractivity contribution in [3.63, 3.8) is 0 Å². The summed E-state index contributed by atoms with van der Waals surface area (Å²) in [6, 6.07) is 18.8. The summed E-state index contributed by atoms with van der Waals surface area (Å²) in [4.78, 5) is 29.4. The first-order valence-corrected chi connectivity index (χ1v) is 15.8. The molecule has 1 atom stereocenters. The van der Waals surface area contributed by atoms with E-state index in [4.69, 9.17) is 23.2 Å². The van der Waals surface area contributed by atoms with Gasteiger partial charge in [0.15, 0.2) is 0 Å². The van der Waals surface area contributed by atoms with Crippen molar-refractivity contribution < 1.29 is 18.0 Å². The first-order valence-electron chi connectivity index (χ1n) is 13.7. The largest absolute Gasteiger partial charge is 0.354 e. The Kier molecular flexibility index (Phi) is 11.8. The molecule has 42 heavy (non-hydrogen) atoms. The zero-order valence-corrected chi connectivity index (χ0v) is 26.9. The molecule has 0 aromatic heterocycles. The fourth-order valence-electron chi connectivity index (χ4n) is 4.46. The summed E-state index contributed by atoms with van der Waals surface area (Å²) in [6.07, 6.45) is 0.906. The lowest BCUT2D eigenvalue weighted by molar-refractivity contribution is -0.140. The number of nitrogens with one attached hydrogen (secondary N) is 1. The van der Waals surface area contributed by atoms with E-state index >= 15 is 0 Å². The molecule has 2 amide bonds. The van der Waals surface area contributed by atoms with Gasteiger partial charge in [-0.3, -0.25) is 9.59 Å². The quantitative estimate of drug-likeness (QED) is 0.274. The molecule has 1 N–H and O–H groups in total. The fourth-order valence-corrected chi connectivity index (χ4v) is 6.09. The highest BCUT2D eigenvalue weighted by Gasteiger charge is 2.35. The van der Waals surface area contributed by atoms with Gasteiger partial charge in [-0.05, 0) is 55.2 Å². The zero-order chi connectivity index (χ0) is 31.0. The normalized spacial score (nSPS) is 12.2. The van der Waals surface area contributed by atoms with Crippen LogP contribution in [0.4, 0.5) is 5.69 Å². The van der Waals surface area contributed by atoms with Crippen LogP contribution < -0.4 is 9.62 Å². The highest BCUT2D eigenvalue weighted by molar-refractivity contribution is 7.90. The number of halogens is 2. The third kappa shape index (κ3) is 8.25. The summed E-state index contributed by atoms with van der Waals surface area (Å²) in [5.41, 5.74) is 3.19. The van der Waals surface area contributed by atoms with E-state index < -0.39 is 28.7 Å². The monoisotopic (exact) mass is 632 g/mol. The zero-order valence-electron chi connectivity index (χ0n) is 24.6. The van der Waals surface area contributed by atoms with Gasteiger partial charge < -0.3 is 10.2 Å². The second-order valence-corrected chi connectivity index (χ2v) is 13.2. The van der Waals surface area contributed by atoms with Crippen molar-refractivity contribution in [2.75, 3.05) is 31.5 Å². The molecule has 3 rings (SSSR count). The van der Waals surface area contributed by atoms with Crippen LogP contribution in [-0.2, 0) is 32.8 Å². The Morgan fingerprint density at radius 3 is 2.17 bits per heavy atom. The molecular formula is C31H38Cl2N4O4S. The van der Waals surface area contributed by atoms with Crippen LogP contribution >= 0.6 is 23.2 Å². The average molecular weight is 634 g/mol. The van der Waals surface area contributed by atoms with Gasteiger partial charge in [0.05, 0.1) is 5.69 Å². The van der Waals surface area contributed by atoms with E-state index in [2.05, 4.69) is 5.32 Å². The number of aryl methyl sites for hydroxylation is 2. The van der Waals surface area contributed by atoms with E-state index in [0.717, 1.165) is 19.7 Å². The van der Waals surface area contributed by atoms with Crippen molar-refractivity contribution in [2.45, 2.75) is 46.2 Å². The van der Waals surface area contributed by atoms with Crippen LogP contribution in [0.15, 0.2) is 66.7 Å². The van der Waals surface area contributed by atoms with E-state index in [1.54, 1.807) is 31.2 Å². The Morgan fingerprint density at radius 1 is 0.929 bits per heavy atom. The van der Waals surface area contributed by atoms with Crippen LogP contribution in [0.25, 0.3) is 0 Å². The maximum absolute atomic E-state index is 14.4. The van der Waals surface area contributed by atoms with Crippen molar-refractivity contribution in [2.24, 2.45) is 0 Å². The van der Waals surface area contributed by atoms with E-state index in [9.17, 15) is 18.0 Å². The van der Waals surface area contributed by atoms with Gasteiger partial charge in [0.1, 0.15) is 12.6 Å². The van der Waals surface area contributed by atoms with E-state index in [1.807, 2.05) is 56.3 Å². The molecule has 0 unspecified atom stereocenters. The third-order valence-corrected chi connectivity index (χ3v) is 9.38. The molecule has 0 saturated heterocycles. The number of nitrogens with zero attached hydrogens (tertiary/aromatic N) is 3. The Balaban J connectivity index is 2.16. The van der Waals surface area contributed by atoms with Crippen LogP contribution in [0.2, 0.25) is 10.0 Å². The Morgan fingerprint density at radius 2 is 1.57 bits per heavy atom. The predicted molar refractivity (Wildman–Crippen MR) is 170 cm³/mol. The van der Waals surface area contributed by atoms with Gasteiger partial charge in [0.25, 0.3) is 0 Å². The van der Waals surface area contributed by atoms with Crippen LogP contribution in [0.5, 0.6) is 0 Å². The van der Waals surface area contributed by atoms with E-state index in [0.29, 0.717) is 39.8 Å². The minimum atomic E-state index is -4.10. The van der Waals surface area contributed by atoms with Crippen molar-refractivity contribution in [1.82, 2.24) is 14.5 Å². The van der Waals surface area contributed by atoms with Crippen LogP contribution in [0, 0.1) is 13.8 Å². The number of benzene rings is 3. The summed E-state index contributed by atoms with van der Waals surface area (Å²) in [6.45, 7) is 5.35. The van der Waals surface area contributed by atoms with Crippen LogP contribution in [0.3, 0.4) is 0 Å². The molecule has 8 nitrogen and oxygen atoms in total. The topological polar surface area (TPSA) is 90.0 Å². The minimum absolute atomic E-state index is 0.100. The van der Waals surface area contributed by atoms with E-state index in [1.165, 1.54) is 19.0 Å². The lowest BCUT2D eigenvalue weighted by Crippen LogP contribution is -2.54. The van der Waals surface area contributed by atoms with Gasteiger partial charge in [-0.25, -0.2) is 4.31 Å². The standard InChI is InChI=1S/C31H38Cl2N4O4S/c1-6-17-34-31(39)29(19-24-11-8-7-9-12-24)36(20-25-26(32)13-10-14-27(25)33)30(38)21-37(42(40,41)35(4)5)28-18-22(2)15-16-23(28)3/h7-16,18,29H,6,17,19-21H2,1-5H3,(H,34,39)/t29-/m1/s1. The predicted octanol–water partition coefficient (Wildman–Crippen LogP) is 5.39. The molecule has 3 aromatic rings. The Bertz CT molecular complexity index is 1480. The van der Waals surface area contributed by atoms with Gasteiger partial charge >= 0.3 is 10.2 Å². The van der Waals surface area contributed by atoms with Gasteiger partial charge in [0, 0.05) is 49.2 Å². The molecule has 0 aliphatic carbocycles. The number of hydrogen-bond donors (Lipinski definition) is 1. The molecule has 0 bridgehead atoms. The van der Waals surface area contributed by atoms with Crippen LogP contribution in [0.1, 0.15) is 35.6 Å².